The number of allylic oxidation sites excluding steroid dienone is 1. The predicted octanol–water partition coefficient (Wildman–Crippen LogP) is 4.39. The summed E-state index contributed by atoms with van der Waals surface area (Å²) in [6.07, 6.45) is 4.09. The van der Waals surface area contributed by atoms with Crippen molar-refractivity contribution in [3.05, 3.63) is 23.8 Å². The molecule has 0 spiro atoms. The van der Waals surface area contributed by atoms with Crippen molar-refractivity contribution in [2.45, 2.75) is 84.5 Å². The van der Waals surface area contributed by atoms with Gasteiger partial charge in [0, 0.05) is 11.5 Å². The number of carbonyl (C=O) groups is 3. The number of nitrogens with zero attached hydrogens (tertiary/aromatic N) is 1. The van der Waals surface area contributed by atoms with E-state index >= 15 is 0 Å². The molecule has 1 unspecified atom stereocenters. The summed E-state index contributed by atoms with van der Waals surface area (Å²) in [6, 6.07) is -0.498. The number of hydrogen-bond donors (Lipinski definition) is 0. The van der Waals surface area contributed by atoms with E-state index in [2.05, 4.69) is 6.58 Å². The molecule has 2 fully saturated rings. The Morgan fingerprint density at radius 2 is 2.03 bits per heavy atom. The number of rotatable bonds is 3. The van der Waals surface area contributed by atoms with E-state index in [1.54, 1.807) is 33.8 Å². The van der Waals surface area contributed by atoms with E-state index in [0.29, 0.717) is 17.9 Å². The van der Waals surface area contributed by atoms with Crippen molar-refractivity contribution in [1.82, 2.24) is 4.90 Å². The van der Waals surface area contributed by atoms with Crippen LogP contribution in [0.3, 0.4) is 0 Å². The van der Waals surface area contributed by atoms with Crippen LogP contribution in [0.5, 0.6) is 0 Å². The zero-order valence-electron chi connectivity index (χ0n) is 18.4. The first-order chi connectivity index (χ1) is 13.3. The average molecular weight is 404 g/mol. The van der Waals surface area contributed by atoms with Crippen LogP contribution in [-0.2, 0) is 19.1 Å². The van der Waals surface area contributed by atoms with Crippen molar-refractivity contribution in [2.75, 3.05) is 0 Å². The van der Waals surface area contributed by atoms with E-state index in [1.807, 2.05) is 13.8 Å². The SMILES string of the molecule is C=C(C)[C@@H]1CC[C@@]2(C)OC(=O)[C@H](CC3C=C(C)C(=O)N3C(=O)OC(C)(C)C)[C@H]2C1. The number of esters is 1. The first kappa shape index (κ1) is 21.6. The van der Waals surface area contributed by atoms with Crippen molar-refractivity contribution in [3.8, 4) is 0 Å². The van der Waals surface area contributed by atoms with Gasteiger partial charge in [0.15, 0.2) is 0 Å². The van der Waals surface area contributed by atoms with E-state index in [9.17, 15) is 14.4 Å². The minimum Gasteiger partial charge on any atom is -0.459 e. The van der Waals surface area contributed by atoms with Gasteiger partial charge in [-0.1, -0.05) is 18.2 Å². The molecule has 3 rings (SSSR count). The highest BCUT2D eigenvalue weighted by Crippen LogP contribution is 2.51. The minimum absolute atomic E-state index is 0.0512. The van der Waals surface area contributed by atoms with Gasteiger partial charge in [0.1, 0.15) is 11.2 Å². The van der Waals surface area contributed by atoms with Gasteiger partial charge in [0.05, 0.1) is 12.0 Å². The van der Waals surface area contributed by atoms with Gasteiger partial charge in [-0.25, -0.2) is 9.69 Å². The van der Waals surface area contributed by atoms with Gasteiger partial charge in [-0.3, -0.25) is 9.59 Å². The lowest BCUT2D eigenvalue weighted by Crippen LogP contribution is -2.45. The van der Waals surface area contributed by atoms with Crippen LogP contribution >= 0.6 is 0 Å². The molecule has 1 saturated heterocycles. The third kappa shape index (κ3) is 4.12. The zero-order valence-corrected chi connectivity index (χ0v) is 18.4. The molecular weight excluding hydrogens is 370 g/mol. The van der Waals surface area contributed by atoms with Gasteiger partial charge in [0.25, 0.3) is 5.91 Å². The van der Waals surface area contributed by atoms with Crippen molar-refractivity contribution in [1.29, 1.82) is 0 Å². The lowest BCUT2D eigenvalue weighted by molar-refractivity contribution is -0.151. The maximum Gasteiger partial charge on any atom is 0.417 e. The number of carbonyl (C=O) groups excluding carboxylic acids is 3. The van der Waals surface area contributed by atoms with E-state index in [0.717, 1.165) is 29.7 Å². The van der Waals surface area contributed by atoms with Crippen LogP contribution in [0.15, 0.2) is 23.8 Å². The molecule has 0 aromatic carbocycles. The van der Waals surface area contributed by atoms with E-state index in [1.165, 1.54) is 0 Å². The molecule has 3 aliphatic rings. The van der Waals surface area contributed by atoms with Gasteiger partial charge in [0.2, 0.25) is 0 Å². The number of hydrogen-bond acceptors (Lipinski definition) is 5. The number of amides is 2. The molecule has 160 valence electrons. The van der Waals surface area contributed by atoms with Gasteiger partial charge in [-0.05, 0) is 73.1 Å². The monoisotopic (exact) mass is 403 g/mol. The maximum absolute atomic E-state index is 12.8. The largest absolute Gasteiger partial charge is 0.459 e. The highest BCUT2D eigenvalue weighted by atomic mass is 16.6. The first-order valence-corrected chi connectivity index (χ1v) is 10.5. The molecule has 0 aromatic heterocycles. The van der Waals surface area contributed by atoms with Gasteiger partial charge in [-0.15, -0.1) is 0 Å². The van der Waals surface area contributed by atoms with E-state index < -0.39 is 23.3 Å². The van der Waals surface area contributed by atoms with Crippen LogP contribution in [-0.4, -0.2) is 40.1 Å². The lowest BCUT2D eigenvalue weighted by atomic mass is 9.66. The quantitative estimate of drug-likeness (QED) is 0.516. The van der Waals surface area contributed by atoms with Crippen molar-refractivity contribution in [2.24, 2.45) is 17.8 Å². The summed E-state index contributed by atoms with van der Waals surface area (Å²) < 4.78 is 11.3. The zero-order chi connectivity index (χ0) is 21.7. The fourth-order valence-corrected chi connectivity index (χ4v) is 4.95. The van der Waals surface area contributed by atoms with E-state index in [-0.39, 0.29) is 23.7 Å². The standard InChI is InChI=1S/C23H33NO5/c1-13(2)15-8-9-23(7)18(11-15)17(20(26)28-23)12-16-10-14(3)19(25)24(16)21(27)29-22(4,5)6/h10,15-18H,1,8-9,11-12H2,2-7H3/t15-,16?,17-,18-,23-/m1/s1. The molecule has 6 heteroatoms. The Kier molecular flexibility index (Phi) is 5.43. The van der Waals surface area contributed by atoms with Gasteiger partial charge < -0.3 is 9.47 Å². The fourth-order valence-electron chi connectivity index (χ4n) is 4.95. The normalized spacial score (nSPS) is 34.6. The van der Waals surface area contributed by atoms with Gasteiger partial charge in [-0.2, -0.15) is 0 Å². The molecule has 2 aliphatic heterocycles. The second kappa shape index (κ2) is 7.29. The molecule has 1 aliphatic carbocycles. The lowest BCUT2D eigenvalue weighted by Gasteiger charge is -2.40. The summed E-state index contributed by atoms with van der Waals surface area (Å²) >= 11 is 0. The Labute approximate surface area is 173 Å². The molecule has 0 aromatic rings. The summed E-state index contributed by atoms with van der Waals surface area (Å²) in [5, 5.41) is 0. The van der Waals surface area contributed by atoms with Crippen LogP contribution < -0.4 is 0 Å². The number of fused-ring (bicyclic) bond motifs is 1. The van der Waals surface area contributed by atoms with Crippen molar-refractivity contribution in [3.63, 3.8) is 0 Å². The number of imide groups is 1. The Hall–Kier alpha value is -2.11. The molecule has 0 radical (unpaired) electrons. The van der Waals surface area contributed by atoms with Crippen molar-refractivity contribution < 1.29 is 23.9 Å². The molecule has 0 N–H and O–H groups in total. The second-order valence-corrected chi connectivity index (χ2v) is 10.1. The number of ether oxygens (including phenoxy) is 2. The Morgan fingerprint density at radius 1 is 1.38 bits per heavy atom. The van der Waals surface area contributed by atoms with Crippen LogP contribution in [0.2, 0.25) is 0 Å². The molecule has 1 saturated carbocycles. The average Bonchev–Trinajstić information content (AvgIpc) is 2.98. The third-order valence-corrected chi connectivity index (χ3v) is 6.55. The van der Waals surface area contributed by atoms with Crippen LogP contribution in [0.1, 0.15) is 67.2 Å². The highest BCUT2D eigenvalue weighted by molar-refractivity contribution is 6.05. The summed E-state index contributed by atoms with van der Waals surface area (Å²) in [7, 11) is 0. The summed E-state index contributed by atoms with van der Waals surface area (Å²) in [6.45, 7) is 15.1. The molecule has 0 bridgehead atoms. The maximum atomic E-state index is 12.8. The highest BCUT2D eigenvalue weighted by Gasteiger charge is 2.56. The second-order valence-electron chi connectivity index (χ2n) is 10.1. The molecule has 2 amide bonds. The summed E-state index contributed by atoms with van der Waals surface area (Å²) in [4.78, 5) is 39.3. The smallest absolute Gasteiger partial charge is 0.417 e. The van der Waals surface area contributed by atoms with Crippen LogP contribution in [0.25, 0.3) is 0 Å². The Morgan fingerprint density at radius 3 is 2.62 bits per heavy atom. The molecule has 29 heavy (non-hydrogen) atoms. The van der Waals surface area contributed by atoms with Gasteiger partial charge >= 0.3 is 12.1 Å². The van der Waals surface area contributed by atoms with E-state index in [4.69, 9.17) is 9.47 Å². The van der Waals surface area contributed by atoms with Crippen LogP contribution in [0.4, 0.5) is 4.79 Å². The molecular formula is C23H33NO5. The Balaban J connectivity index is 1.82. The predicted molar refractivity (Wildman–Crippen MR) is 109 cm³/mol. The molecule has 2 heterocycles. The molecule has 5 atom stereocenters. The van der Waals surface area contributed by atoms with Crippen molar-refractivity contribution >= 4 is 18.0 Å². The summed E-state index contributed by atoms with van der Waals surface area (Å²) in [5.74, 6) is -0.520. The summed E-state index contributed by atoms with van der Waals surface area (Å²) in [5.41, 5.74) is 0.443. The van der Waals surface area contributed by atoms with Crippen LogP contribution in [0, 0.1) is 17.8 Å². The topological polar surface area (TPSA) is 72.9 Å². The minimum atomic E-state index is -0.707. The molecule has 6 nitrogen and oxygen atoms in total. The first-order valence-electron chi connectivity index (χ1n) is 10.5. The third-order valence-electron chi connectivity index (χ3n) is 6.55. The fraction of sp³-hybridized carbons (Fsp3) is 0.696. The Bertz CT molecular complexity index is 777.